The second-order valence-electron chi connectivity index (χ2n) is 3.17. The van der Waals surface area contributed by atoms with Gasteiger partial charge in [0.2, 0.25) is 0 Å². The van der Waals surface area contributed by atoms with Crippen LogP contribution in [0.3, 0.4) is 0 Å². The van der Waals surface area contributed by atoms with E-state index in [1.54, 1.807) is 24.3 Å². The second kappa shape index (κ2) is 4.37. The third-order valence-corrected chi connectivity index (χ3v) is 2.74. The maximum absolute atomic E-state index is 11.4. The van der Waals surface area contributed by atoms with E-state index in [-0.39, 0.29) is 18.0 Å². The van der Waals surface area contributed by atoms with Crippen molar-refractivity contribution in [1.29, 1.82) is 0 Å². The van der Waals surface area contributed by atoms with Gasteiger partial charge in [0.1, 0.15) is 9.84 Å². The summed E-state index contributed by atoms with van der Waals surface area (Å²) in [5.41, 5.74) is 0.566. The Kier molecular flexibility index (Phi) is 3.41. The molecule has 1 rings (SSSR count). The third-order valence-electron chi connectivity index (χ3n) is 1.80. The molecule has 0 aliphatic rings. The summed E-state index contributed by atoms with van der Waals surface area (Å²) >= 11 is 0. The maximum Gasteiger partial charge on any atom is 0.163 e. The lowest BCUT2D eigenvalue weighted by atomic mass is 10.1. The zero-order valence-corrected chi connectivity index (χ0v) is 8.75. The number of hydrogen-bond donors (Lipinski definition) is 0. The van der Waals surface area contributed by atoms with Crippen LogP contribution in [0.5, 0.6) is 0 Å². The van der Waals surface area contributed by atoms with Crippen molar-refractivity contribution in [3.63, 3.8) is 0 Å². The number of benzene rings is 1. The fourth-order valence-electron chi connectivity index (χ4n) is 1.05. The van der Waals surface area contributed by atoms with Crippen molar-refractivity contribution in [3.8, 4) is 0 Å². The lowest BCUT2D eigenvalue weighted by molar-refractivity contribution is 0.0989. The molecule has 0 aliphatic heterocycles. The normalized spacial score (nSPS) is 11.2. The molecule has 0 unspecified atom stereocenters. The maximum atomic E-state index is 11.4. The van der Waals surface area contributed by atoms with Gasteiger partial charge < -0.3 is 0 Å². The van der Waals surface area contributed by atoms with Crippen LogP contribution in [0, 0.1) is 0 Å². The minimum absolute atomic E-state index is 0.0584. The van der Waals surface area contributed by atoms with Gasteiger partial charge in [-0.05, 0) is 0 Å². The molecule has 0 atom stereocenters. The van der Waals surface area contributed by atoms with Gasteiger partial charge in [-0.3, -0.25) is 4.79 Å². The Morgan fingerprint density at radius 3 is 2.29 bits per heavy atom. The van der Waals surface area contributed by atoms with Crippen LogP contribution in [0.1, 0.15) is 16.8 Å². The zero-order chi connectivity index (χ0) is 10.6. The smallest absolute Gasteiger partial charge is 0.163 e. The fourth-order valence-corrected chi connectivity index (χ4v) is 1.60. The molecule has 0 saturated heterocycles. The highest BCUT2D eigenvalue weighted by molar-refractivity contribution is 7.90. The standard InChI is InChI=1S/C10H12O3S/c1-14(12,13)8-7-10(11)9-5-3-2-4-6-9/h2-6H,7-8H2,1H3. The highest BCUT2D eigenvalue weighted by Crippen LogP contribution is 2.03. The summed E-state index contributed by atoms with van der Waals surface area (Å²) in [5, 5.41) is 0. The molecule has 0 fully saturated rings. The first-order valence-electron chi connectivity index (χ1n) is 4.25. The van der Waals surface area contributed by atoms with E-state index in [4.69, 9.17) is 0 Å². The van der Waals surface area contributed by atoms with E-state index in [2.05, 4.69) is 0 Å². The molecular weight excluding hydrogens is 200 g/mol. The summed E-state index contributed by atoms with van der Waals surface area (Å²) in [6, 6.07) is 8.70. The lowest BCUT2D eigenvalue weighted by Crippen LogP contribution is -2.09. The number of sulfone groups is 1. The van der Waals surface area contributed by atoms with Gasteiger partial charge in [0.25, 0.3) is 0 Å². The van der Waals surface area contributed by atoms with E-state index in [9.17, 15) is 13.2 Å². The molecule has 1 aromatic carbocycles. The predicted molar refractivity (Wildman–Crippen MR) is 55.1 cm³/mol. The van der Waals surface area contributed by atoms with Gasteiger partial charge >= 0.3 is 0 Å². The van der Waals surface area contributed by atoms with E-state index in [0.29, 0.717) is 5.56 Å². The molecule has 0 bridgehead atoms. The molecule has 4 heteroatoms. The molecule has 1 aromatic rings. The van der Waals surface area contributed by atoms with Gasteiger partial charge in [-0.2, -0.15) is 0 Å². The van der Waals surface area contributed by atoms with Crippen LogP contribution < -0.4 is 0 Å². The monoisotopic (exact) mass is 212 g/mol. The van der Waals surface area contributed by atoms with E-state index < -0.39 is 9.84 Å². The molecule has 14 heavy (non-hydrogen) atoms. The Balaban J connectivity index is 2.61. The van der Waals surface area contributed by atoms with Crippen molar-refractivity contribution >= 4 is 15.6 Å². The molecule has 0 spiro atoms. The molecular formula is C10H12O3S. The summed E-state index contributed by atoms with van der Waals surface area (Å²) in [6.45, 7) is 0. The molecule has 0 radical (unpaired) electrons. The Hall–Kier alpha value is -1.16. The van der Waals surface area contributed by atoms with Gasteiger partial charge in [-0.15, -0.1) is 0 Å². The molecule has 0 saturated carbocycles. The van der Waals surface area contributed by atoms with Crippen LogP contribution in [0.4, 0.5) is 0 Å². The minimum Gasteiger partial charge on any atom is -0.294 e. The molecule has 0 N–H and O–H groups in total. The molecule has 76 valence electrons. The number of hydrogen-bond acceptors (Lipinski definition) is 3. The topological polar surface area (TPSA) is 51.2 Å². The molecule has 0 aromatic heterocycles. The van der Waals surface area contributed by atoms with E-state index in [0.717, 1.165) is 6.26 Å². The Morgan fingerprint density at radius 1 is 1.21 bits per heavy atom. The van der Waals surface area contributed by atoms with Gasteiger partial charge in [-0.1, -0.05) is 30.3 Å². The predicted octanol–water partition coefficient (Wildman–Crippen LogP) is 1.30. The zero-order valence-electron chi connectivity index (χ0n) is 7.93. The summed E-state index contributed by atoms with van der Waals surface area (Å²) in [4.78, 5) is 11.4. The fraction of sp³-hybridized carbons (Fsp3) is 0.300. The Labute approximate surface area is 83.7 Å². The van der Waals surface area contributed by atoms with E-state index in [1.807, 2.05) is 6.07 Å². The minimum atomic E-state index is -3.05. The Morgan fingerprint density at radius 2 is 1.79 bits per heavy atom. The molecule has 0 amide bonds. The van der Waals surface area contributed by atoms with Crippen LogP contribution in [0.2, 0.25) is 0 Å². The van der Waals surface area contributed by atoms with Crippen molar-refractivity contribution in [1.82, 2.24) is 0 Å². The van der Waals surface area contributed by atoms with Crippen LogP contribution in [-0.2, 0) is 9.84 Å². The molecule has 3 nitrogen and oxygen atoms in total. The average Bonchev–Trinajstić information content (AvgIpc) is 2.14. The first kappa shape index (κ1) is 10.9. The van der Waals surface area contributed by atoms with Gasteiger partial charge in [-0.25, -0.2) is 8.42 Å². The summed E-state index contributed by atoms with van der Waals surface area (Å²) in [6.07, 6.45) is 1.19. The highest BCUT2D eigenvalue weighted by Gasteiger charge is 2.09. The summed E-state index contributed by atoms with van der Waals surface area (Å²) < 4.78 is 21.6. The quantitative estimate of drug-likeness (QED) is 0.707. The second-order valence-corrected chi connectivity index (χ2v) is 5.43. The van der Waals surface area contributed by atoms with Gasteiger partial charge in [0.15, 0.2) is 5.78 Å². The third kappa shape index (κ3) is 3.70. The van der Waals surface area contributed by atoms with Crippen LogP contribution in [-0.4, -0.2) is 26.2 Å². The van der Waals surface area contributed by atoms with Crippen molar-refractivity contribution in [2.24, 2.45) is 0 Å². The van der Waals surface area contributed by atoms with Crippen LogP contribution in [0.25, 0.3) is 0 Å². The summed E-state index contributed by atoms with van der Waals surface area (Å²) in [7, 11) is -3.05. The molecule has 0 heterocycles. The number of carbonyl (C=O) groups is 1. The number of ketones is 1. The van der Waals surface area contributed by atoms with Crippen molar-refractivity contribution in [2.75, 3.05) is 12.0 Å². The van der Waals surface area contributed by atoms with Crippen molar-refractivity contribution in [2.45, 2.75) is 6.42 Å². The van der Waals surface area contributed by atoms with Crippen LogP contribution in [0.15, 0.2) is 30.3 Å². The number of Topliss-reactive ketones (excluding diaryl/α,β-unsaturated/α-hetero) is 1. The molecule has 0 aliphatic carbocycles. The van der Waals surface area contributed by atoms with E-state index in [1.165, 1.54) is 0 Å². The van der Waals surface area contributed by atoms with E-state index >= 15 is 0 Å². The average molecular weight is 212 g/mol. The van der Waals surface area contributed by atoms with Crippen molar-refractivity contribution in [3.05, 3.63) is 35.9 Å². The summed E-state index contributed by atoms with van der Waals surface area (Å²) in [5.74, 6) is -0.211. The van der Waals surface area contributed by atoms with Gasteiger partial charge in [0.05, 0.1) is 5.75 Å². The van der Waals surface area contributed by atoms with Crippen LogP contribution >= 0.6 is 0 Å². The first-order chi connectivity index (χ1) is 6.49. The highest BCUT2D eigenvalue weighted by atomic mass is 32.2. The number of rotatable bonds is 4. The first-order valence-corrected chi connectivity index (χ1v) is 6.31. The largest absolute Gasteiger partial charge is 0.294 e. The number of carbonyl (C=O) groups excluding carboxylic acids is 1. The lowest BCUT2D eigenvalue weighted by Gasteiger charge is -1.99. The SMILES string of the molecule is CS(=O)(=O)CCC(=O)c1ccccc1. The van der Waals surface area contributed by atoms with Crippen molar-refractivity contribution < 1.29 is 13.2 Å². The van der Waals surface area contributed by atoms with Gasteiger partial charge in [0, 0.05) is 18.2 Å². The Bertz CT molecular complexity index is 406.